The Morgan fingerprint density at radius 2 is 2.00 bits per heavy atom. The summed E-state index contributed by atoms with van der Waals surface area (Å²) in [5.41, 5.74) is 5.54. The van der Waals surface area contributed by atoms with Gasteiger partial charge in [-0.2, -0.15) is 0 Å². The Kier molecular flexibility index (Phi) is 2.74. The molecule has 0 saturated heterocycles. The number of benzene rings is 1. The summed E-state index contributed by atoms with van der Waals surface area (Å²) >= 11 is 0. The van der Waals surface area contributed by atoms with Gasteiger partial charge < -0.3 is 10.5 Å². The van der Waals surface area contributed by atoms with Crippen LogP contribution in [0.2, 0.25) is 0 Å². The molecule has 2 radical (unpaired) electrons. The molecule has 0 aliphatic heterocycles. The molecule has 1 aromatic rings. The van der Waals surface area contributed by atoms with E-state index >= 15 is 0 Å². The first-order chi connectivity index (χ1) is 5.68. The molecule has 0 saturated carbocycles. The third-order valence-corrected chi connectivity index (χ3v) is 1.26. The smallest absolute Gasteiger partial charge is 0.255 e. The number of amides is 1. The average Bonchev–Trinajstić information content (AvgIpc) is 2.03. The van der Waals surface area contributed by atoms with Crippen molar-refractivity contribution in [1.82, 2.24) is 0 Å². The molecule has 1 aromatic carbocycles. The van der Waals surface area contributed by atoms with Gasteiger partial charge in [0, 0.05) is 0 Å². The van der Waals surface area contributed by atoms with Crippen molar-refractivity contribution in [3.63, 3.8) is 0 Å². The standard InChI is InChI=1S/C8H8BNO2/c9-6-1-3-7(4-2-6)12-5-8(10)11/h1-4H,5H2,(H2,10,11). The number of carbonyl (C=O) groups excluding carboxylic acids is 1. The molecule has 1 rings (SSSR count). The zero-order valence-corrected chi connectivity index (χ0v) is 6.49. The summed E-state index contributed by atoms with van der Waals surface area (Å²) in [6, 6.07) is 6.74. The first-order valence-corrected chi connectivity index (χ1v) is 3.45. The number of primary amides is 1. The van der Waals surface area contributed by atoms with Crippen molar-refractivity contribution in [1.29, 1.82) is 0 Å². The van der Waals surface area contributed by atoms with E-state index in [0.29, 0.717) is 11.2 Å². The van der Waals surface area contributed by atoms with Crippen LogP contribution in [0, 0.1) is 0 Å². The highest BCUT2D eigenvalue weighted by molar-refractivity contribution is 6.32. The summed E-state index contributed by atoms with van der Waals surface area (Å²) in [6.07, 6.45) is 0. The zero-order valence-electron chi connectivity index (χ0n) is 6.49. The van der Waals surface area contributed by atoms with Crippen molar-refractivity contribution in [2.45, 2.75) is 0 Å². The van der Waals surface area contributed by atoms with Gasteiger partial charge in [0.25, 0.3) is 5.91 Å². The molecule has 0 aliphatic carbocycles. The molecular formula is C8H8BNO2. The fourth-order valence-corrected chi connectivity index (χ4v) is 0.719. The van der Waals surface area contributed by atoms with Crippen molar-refractivity contribution < 1.29 is 9.53 Å². The van der Waals surface area contributed by atoms with Gasteiger partial charge in [-0.1, -0.05) is 17.6 Å². The molecule has 3 nitrogen and oxygen atoms in total. The molecule has 0 aliphatic rings. The van der Waals surface area contributed by atoms with Gasteiger partial charge in [0.1, 0.15) is 13.6 Å². The van der Waals surface area contributed by atoms with Crippen molar-refractivity contribution in [3.8, 4) is 5.75 Å². The third-order valence-electron chi connectivity index (χ3n) is 1.26. The zero-order chi connectivity index (χ0) is 8.97. The largest absolute Gasteiger partial charge is 0.484 e. The normalized spacial score (nSPS) is 9.33. The van der Waals surface area contributed by atoms with Crippen LogP contribution in [0.25, 0.3) is 0 Å². The number of carbonyl (C=O) groups is 1. The Hall–Kier alpha value is -1.45. The Morgan fingerprint density at radius 3 is 2.50 bits per heavy atom. The van der Waals surface area contributed by atoms with Gasteiger partial charge in [0.15, 0.2) is 6.61 Å². The quantitative estimate of drug-likeness (QED) is 0.598. The second-order valence-corrected chi connectivity index (χ2v) is 2.32. The molecule has 12 heavy (non-hydrogen) atoms. The minimum Gasteiger partial charge on any atom is -0.484 e. The van der Waals surface area contributed by atoms with Crippen LogP contribution in [0.1, 0.15) is 0 Å². The third kappa shape index (κ3) is 2.66. The first kappa shape index (κ1) is 8.65. The van der Waals surface area contributed by atoms with Gasteiger partial charge in [-0.15, -0.1) is 0 Å². The summed E-state index contributed by atoms with van der Waals surface area (Å²) < 4.78 is 4.99. The van der Waals surface area contributed by atoms with Crippen LogP contribution in [0.15, 0.2) is 24.3 Å². The van der Waals surface area contributed by atoms with Gasteiger partial charge >= 0.3 is 0 Å². The Bertz CT molecular complexity index is 271. The molecule has 60 valence electrons. The van der Waals surface area contributed by atoms with Crippen LogP contribution < -0.4 is 15.9 Å². The molecule has 0 heterocycles. The molecular weight excluding hydrogens is 153 g/mol. The van der Waals surface area contributed by atoms with Gasteiger partial charge in [-0.05, 0) is 12.1 Å². The Labute approximate surface area is 71.9 Å². The van der Waals surface area contributed by atoms with Crippen LogP contribution in [0.3, 0.4) is 0 Å². The van der Waals surface area contributed by atoms with E-state index in [1.54, 1.807) is 24.3 Å². The van der Waals surface area contributed by atoms with Crippen molar-refractivity contribution in [3.05, 3.63) is 24.3 Å². The Balaban J connectivity index is 2.53. The minimum absolute atomic E-state index is 0.107. The summed E-state index contributed by atoms with van der Waals surface area (Å²) in [6.45, 7) is -0.107. The number of ether oxygens (including phenoxy) is 1. The van der Waals surface area contributed by atoms with E-state index in [-0.39, 0.29) is 6.61 Å². The maximum Gasteiger partial charge on any atom is 0.255 e. The summed E-state index contributed by atoms with van der Waals surface area (Å²) in [7, 11) is 5.44. The highest BCUT2D eigenvalue weighted by atomic mass is 16.5. The maximum atomic E-state index is 10.3. The molecule has 4 heteroatoms. The number of hydrogen-bond acceptors (Lipinski definition) is 2. The molecule has 1 amide bonds. The summed E-state index contributed by atoms with van der Waals surface area (Å²) in [4.78, 5) is 10.3. The van der Waals surface area contributed by atoms with Crippen molar-refractivity contribution >= 4 is 19.2 Å². The number of hydrogen-bond donors (Lipinski definition) is 1. The molecule has 0 aromatic heterocycles. The first-order valence-electron chi connectivity index (χ1n) is 3.45. The van der Waals surface area contributed by atoms with E-state index in [0.717, 1.165) is 0 Å². The van der Waals surface area contributed by atoms with Crippen LogP contribution in [0.4, 0.5) is 0 Å². The predicted octanol–water partition coefficient (Wildman–Crippen LogP) is -0.656. The van der Waals surface area contributed by atoms with Gasteiger partial charge in [-0.3, -0.25) is 4.79 Å². The number of rotatable bonds is 3. The van der Waals surface area contributed by atoms with E-state index in [4.69, 9.17) is 18.3 Å². The van der Waals surface area contributed by atoms with Crippen molar-refractivity contribution in [2.24, 2.45) is 5.73 Å². The van der Waals surface area contributed by atoms with Gasteiger partial charge in [0.2, 0.25) is 0 Å². The van der Waals surface area contributed by atoms with Crippen LogP contribution in [-0.4, -0.2) is 20.4 Å². The molecule has 0 fully saturated rings. The van der Waals surface area contributed by atoms with E-state index in [1.807, 2.05) is 0 Å². The summed E-state index contributed by atoms with van der Waals surface area (Å²) in [5, 5.41) is 0. The Morgan fingerprint density at radius 1 is 1.42 bits per heavy atom. The molecule has 0 atom stereocenters. The lowest BCUT2D eigenvalue weighted by Crippen LogP contribution is -2.20. The lowest BCUT2D eigenvalue weighted by Gasteiger charge is -2.02. The molecule has 0 bridgehead atoms. The topological polar surface area (TPSA) is 52.3 Å². The average molecular weight is 161 g/mol. The fraction of sp³-hybridized carbons (Fsp3) is 0.125. The van der Waals surface area contributed by atoms with Crippen LogP contribution >= 0.6 is 0 Å². The van der Waals surface area contributed by atoms with Crippen LogP contribution in [0.5, 0.6) is 5.75 Å². The summed E-state index contributed by atoms with van der Waals surface area (Å²) in [5.74, 6) is 0.0924. The SMILES string of the molecule is [B]c1ccc(OCC(N)=O)cc1. The molecule has 0 unspecified atom stereocenters. The number of nitrogens with two attached hydrogens (primary N) is 1. The second kappa shape index (κ2) is 3.81. The van der Waals surface area contributed by atoms with E-state index in [2.05, 4.69) is 0 Å². The highest BCUT2D eigenvalue weighted by Gasteiger charge is 1.95. The second-order valence-electron chi connectivity index (χ2n) is 2.32. The van der Waals surface area contributed by atoms with E-state index < -0.39 is 5.91 Å². The monoisotopic (exact) mass is 161 g/mol. The maximum absolute atomic E-state index is 10.3. The van der Waals surface area contributed by atoms with Crippen molar-refractivity contribution in [2.75, 3.05) is 6.61 Å². The van der Waals surface area contributed by atoms with Gasteiger partial charge in [-0.25, -0.2) is 0 Å². The molecule has 2 N–H and O–H groups in total. The van der Waals surface area contributed by atoms with Crippen LogP contribution in [-0.2, 0) is 4.79 Å². The lowest BCUT2D eigenvalue weighted by atomic mass is 9.97. The lowest BCUT2D eigenvalue weighted by molar-refractivity contribution is -0.119. The predicted molar refractivity (Wildman–Crippen MR) is 46.5 cm³/mol. The molecule has 0 spiro atoms. The minimum atomic E-state index is -0.494. The van der Waals surface area contributed by atoms with E-state index in [9.17, 15) is 4.79 Å². The van der Waals surface area contributed by atoms with E-state index in [1.165, 1.54) is 0 Å². The fourth-order valence-electron chi connectivity index (χ4n) is 0.719. The highest BCUT2D eigenvalue weighted by Crippen LogP contribution is 2.05. The van der Waals surface area contributed by atoms with Gasteiger partial charge in [0.05, 0.1) is 0 Å².